The number of hydrogen-bond donors (Lipinski definition) is 3. The quantitative estimate of drug-likeness (QED) is 0.611. The van der Waals surface area contributed by atoms with Gasteiger partial charge in [0.2, 0.25) is 0 Å². The largest absolute Gasteiger partial charge is 0.480 e. The van der Waals surface area contributed by atoms with Gasteiger partial charge in [-0.1, -0.05) is 32.1 Å². The molecular weight excluding hydrogens is 248 g/mol. The van der Waals surface area contributed by atoms with E-state index in [-0.39, 0.29) is 0 Å². The molecule has 19 heavy (non-hydrogen) atoms. The lowest BCUT2D eigenvalue weighted by molar-refractivity contribution is -0.155. The molecule has 0 heterocycles. The molecule has 1 fully saturated rings. The van der Waals surface area contributed by atoms with Crippen LogP contribution in [0.4, 0.5) is 0 Å². The molecule has 1 rings (SSSR count). The van der Waals surface area contributed by atoms with E-state index < -0.39 is 30.1 Å². The lowest BCUT2D eigenvalue weighted by Gasteiger charge is -2.25. The summed E-state index contributed by atoms with van der Waals surface area (Å²) >= 11 is 0. The van der Waals surface area contributed by atoms with Gasteiger partial charge in [-0.15, -0.1) is 0 Å². The van der Waals surface area contributed by atoms with Crippen molar-refractivity contribution < 1.29 is 19.4 Å². The Kier molecular flexibility index (Phi) is 6.24. The number of rotatable bonds is 6. The van der Waals surface area contributed by atoms with Crippen molar-refractivity contribution >= 4 is 11.9 Å². The lowest BCUT2D eigenvalue weighted by Crippen LogP contribution is -2.45. The summed E-state index contributed by atoms with van der Waals surface area (Å²) in [5.41, 5.74) is 11.2. The molecule has 5 N–H and O–H groups in total. The molecular formula is C13H24N2O4. The standard InChI is InChI=1S/C13H24N2O4/c1-8(11(15)12(16)17)19-13(18)10(14)7-9-5-3-2-4-6-9/h8-11H,2-7,14-15H2,1H3,(H,16,17)/t8-,10-,11+/m0/s1. The van der Waals surface area contributed by atoms with Crippen LogP contribution in [-0.4, -0.2) is 35.2 Å². The van der Waals surface area contributed by atoms with Crippen molar-refractivity contribution in [3.8, 4) is 0 Å². The summed E-state index contributed by atoms with van der Waals surface area (Å²) in [5.74, 6) is -1.28. The van der Waals surface area contributed by atoms with Crippen LogP contribution in [0.1, 0.15) is 45.4 Å². The molecule has 0 radical (unpaired) electrons. The van der Waals surface area contributed by atoms with Crippen LogP contribution in [0.25, 0.3) is 0 Å². The van der Waals surface area contributed by atoms with Gasteiger partial charge in [0, 0.05) is 0 Å². The minimum absolute atomic E-state index is 0.472. The van der Waals surface area contributed by atoms with E-state index in [0.29, 0.717) is 12.3 Å². The van der Waals surface area contributed by atoms with Crippen molar-refractivity contribution in [2.75, 3.05) is 0 Å². The third kappa shape index (κ3) is 5.16. The molecule has 110 valence electrons. The number of esters is 1. The molecule has 0 aromatic heterocycles. The molecule has 0 saturated heterocycles. The number of carbonyl (C=O) groups excluding carboxylic acids is 1. The maximum absolute atomic E-state index is 11.8. The molecule has 3 atom stereocenters. The number of carboxylic acid groups (broad SMARTS) is 1. The first-order chi connectivity index (χ1) is 8.91. The van der Waals surface area contributed by atoms with E-state index in [2.05, 4.69) is 0 Å². The van der Waals surface area contributed by atoms with E-state index in [0.717, 1.165) is 12.8 Å². The Morgan fingerprint density at radius 2 is 1.84 bits per heavy atom. The summed E-state index contributed by atoms with van der Waals surface area (Å²) in [6.45, 7) is 1.46. The highest BCUT2D eigenvalue weighted by Gasteiger charge is 2.27. The minimum Gasteiger partial charge on any atom is -0.480 e. The molecule has 6 nitrogen and oxygen atoms in total. The highest BCUT2D eigenvalue weighted by molar-refractivity contribution is 5.77. The van der Waals surface area contributed by atoms with Gasteiger partial charge in [-0.25, -0.2) is 0 Å². The smallest absolute Gasteiger partial charge is 0.324 e. The Morgan fingerprint density at radius 1 is 1.26 bits per heavy atom. The fraction of sp³-hybridized carbons (Fsp3) is 0.846. The number of hydrogen-bond acceptors (Lipinski definition) is 5. The van der Waals surface area contributed by atoms with Crippen LogP contribution in [0.15, 0.2) is 0 Å². The van der Waals surface area contributed by atoms with Crippen LogP contribution < -0.4 is 11.5 Å². The lowest BCUT2D eigenvalue weighted by atomic mass is 9.85. The van der Waals surface area contributed by atoms with E-state index in [4.69, 9.17) is 21.3 Å². The maximum atomic E-state index is 11.8. The maximum Gasteiger partial charge on any atom is 0.324 e. The van der Waals surface area contributed by atoms with Crippen LogP contribution in [0.2, 0.25) is 0 Å². The first-order valence-electron chi connectivity index (χ1n) is 6.86. The number of aliphatic carboxylic acids is 1. The summed E-state index contributed by atoms with van der Waals surface area (Å²) in [6, 6.07) is -1.91. The molecule has 0 amide bonds. The number of nitrogens with two attached hydrogens (primary N) is 2. The van der Waals surface area contributed by atoms with E-state index in [1.54, 1.807) is 0 Å². The van der Waals surface area contributed by atoms with Gasteiger partial charge in [0.1, 0.15) is 18.2 Å². The summed E-state index contributed by atoms with van der Waals surface area (Å²) in [7, 11) is 0. The molecule has 0 spiro atoms. The van der Waals surface area contributed by atoms with E-state index in [9.17, 15) is 9.59 Å². The van der Waals surface area contributed by atoms with Crippen molar-refractivity contribution in [2.24, 2.45) is 17.4 Å². The van der Waals surface area contributed by atoms with Crippen molar-refractivity contribution in [2.45, 2.75) is 63.6 Å². The Hall–Kier alpha value is -1.14. The second kappa shape index (κ2) is 7.45. The summed E-state index contributed by atoms with van der Waals surface area (Å²) < 4.78 is 5.01. The molecule has 1 saturated carbocycles. The number of carbonyl (C=O) groups is 2. The normalized spacial score (nSPS) is 21.4. The highest BCUT2D eigenvalue weighted by atomic mass is 16.5. The second-order valence-corrected chi connectivity index (χ2v) is 5.35. The van der Waals surface area contributed by atoms with E-state index in [1.165, 1.54) is 26.2 Å². The average Bonchev–Trinajstić information content (AvgIpc) is 2.38. The second-order valence-electron chi connectivity index (χ2n) is 5.35. The van der Waals surface area contributed by atoms with E-state index >= 15 is 0 Å². The highest BCUT2D eigenvalue weighted by Crippen LogP contribution is 2.27. The van der Waals surface area contributed by atoms with Crippen molar-refractivity contribution in [1.82, 2.24) is 0 Å². The zero-order valence-corrected chi connectivity index (χ0v) is 11.4. The Morgan fingerprint density at radius 3 is 2.37 bits per heavy atom. The predicted molar refractivity (Wildman–Crippen MR) is 70.3 cm³/mol. The Bertz CT molecular complexity index is 316. The van der Waals surface area contributed by atoms with Gasteiger partial charge < -0.3 is 21.3 Å². The predicted octanol–water partition coefficient (Wildman–Crippen LogP) is 0.628. The van der Waals surface area contributed by atoms with Gasteiger partial charge in [-0.2, -0.15) is 0 Å². The summed E-state index contributed by atoms with van der Waals surface area (Å²) in [6.07, 6.45) is 5.56. The van der Waals surface area contributed by atoms with Gasteiger partial charge in [-0.3, -0.25) is 9.59 Å². The number of ether oxygens (including phenoxy) is 1. The van der Waals surface area contributed by atoms with Crippen molar-refractivity contribution in [3.63, 3.8) is 0 Å². The van der Waals surface area contributed by atoms with Crippen molar-refractivity contribution in [1.29, 1.82) is 0 Å². The van der Waals surface area contributed by atoms with Gasteiger partial charge in [0.05, 0.1) is 0 Å². The molecule has 0 aromatic rings. The van der Waals surface area contributed by atoms with Gasteiger partial charge in [-0.05, 0) is 19.3 Å². The summed E-state index contributed by atoms with van der Waals surface area (Å²) in [4.78, 5) is 22.4. The summed E-state index contributed by atoms with van der Waals surface area (Å²) in [5, 5.41) is 8.72. The molecule has 1 aliphatic rings. The molecule has 6 heteroatoms. The minimum atomic E-state index is -1.22. The van der Waals surface area contributed by atoms with Crippen LogP contribution >= 0.6 is 0 Å². The SMILES string of the molecule is C[C@H](OC(=O)[C@@H](N)CC1CCCCC1)[C@@H](N)C(=O)O. The number of carboxylic acids is 1. The van der Waals surface area contributed by atoms with E-state index in [1.807, 2.05) is 0 Å². The molecule has 0 unspecified atom stereocenters. The zero-order valence-electron chi connectivity index (χ0n) is 11.4. The first-order valence-corrected chi connectivity index (χ1v) is 6.86. The van der Waals surface area contributed by atoms with Gasteiger partial charge >= 0.3 is 11.9 Å². The topological polar surface area (TPSA) is 116 Å². The van der Waals surface area contributed by atoms with Crippen LogP contribution in [0, 0.1) is 5.92 Å². The molecule has 0 aliphatic heterocycles. The van der Waals surface area contributed by atoms with Crippen LogP contribution in [-0.2, 0) is 14.3 Å². The third-order valence-corrected chi connectivity index (χ3v) is 3.71. The molecule has 0 aromatic carbocycles. The fourth-order valence-electron chi connectivity index (χ4n) is 2.42. The first kappa shape index (κ1) is 15.9. The monoisotopic (exact) mass is 272 g/mol. The molecule has 0 bridgehead atoms. The fourth-order valence-corrected chi connectivity index (χ4v) is 2.42. The Balaban J connectivity index is 2.37. The average molecular weight is 272 g/mol. The zero-order chi connectivity index (χ0) is 14.4. The molecule has 1 aliphatic carbocycles. The van der Waals surface area contributed by atoms with Crippen LogP contribution in [0.3, 0.4) is 0 Å². The third-order valence-electron chi connectivity index (χ3n) is 3.71. The van der Waals surface area contributed by atoms with Crippen LogP contribution in [0.5, 0.6) is 0 Å². The van der Waals surface area contributed by atoms with Gasteiger partial charge in [0.25, 0.3) is 0 Å². The Labute approximate surface area is 113 Å². The van der Waals surface area contributed by atoms with Gasteiger partial charge in [0.15, 0.2) is 0 Å². The van der Waals surface area contributed by atoms with Crippen molar-refractivity contribution in [3.05, 3.63) is 0 Å².